The van der Waals surface area contributed by atoms with Crippen molar-refractivity contribution in [2.24, 2.45) is 10.4 Å². The minimum atomic E-state index is -0.0909. The molecule has 0 amide bonds. The van der Waals surface area contributed by atoms with Gasteiger partial charge in [-0.25, -0.2) is 4.99 Å². The Morgan fingerprint density at radius 1 is 1.00 bits per heavy atom. The maximum atomic E-state index is 8.14. The van der Waals surface area contributed by atoms with Gasteiger partial charge in [0.15, 0.2) is 5.84 Å². The van der Waals surface area contributed by atoms with Crippen molar-refractivity contribution in [3.8, 4) is 0 Å². The number of nitrogens with one attached hydrogen (secondary N) is 2. The number of aliphatic imine (C=N–C) groups is 1. The molecule has 3 heteroatoms. The lowest BCUT2D eigenvalue weighted by Gasteiger charge is -2.21. The van der Waals surface area contributed by atoms with Crippen molar-refractivity contribution in [3.05, 3.63) is 35.4 Å². The highest BCUT2D eigenvalue weighted by molar-refractivity contribution is 6.05. The van der Waals surface area contributed by atoms with Gasteiger partial charge in [0.2, 0.25) is 0 Å². The van der Waals surface area contributed by atoms with Crippen LogP contribution in [0.2, 0.25) is 0 Å². The van der Waals surface area contributed by atoms with E-state index in [2.05, 4.69) is 64.0 Å². The Bertz CT molecular complexity index is 497. The van der Waals surface area contributed by atoms with Gasteiger partial charge < -0.3 is 5.32 Å². The zero-order valence-corrected chi connectivity index (χ0v) is 13.8. The standard InChI is InChI=1S/C17H27N3/c1-16(2,3)13-10-8-12(9-11-13)14(18)20-15(19-7)17(4,5)6/h8-11H,1-7H3,(H2,18,19,20). The Hall–Kier alpha value is -1.64. The van der Waals surface area contributed by atoms with Gasteiger partial charge in [-0.15, -0.1) is 0 Å². The van der Waals surface area contributed by atoms with Crippen LogP contribution < -0.4 is 5.32 Å². The second kappa shape index (κ2) is 5.78. The van der Waals surface area contributed by atoms with Gasteiger partial charge in [-0.1, -0.05) is 65.8 Å². The number of hydrogen-bond donors (Lipinski definition) is 2. The summed E-state index contributed by atoms with van der Waals surface area (Å²) in [6.45, 7) is 12.8. The zero-order chi connectivity index (χ0) is 15.6. The summed E-state index contributed by atoms with van der Waals surface area (Å²) in [6, 6.07) is 8.11. The molecule has 1 aromatic carbocycles. The van der Waals surface area contributed by atoms with Crippen LogP contribution in [-0.4, -0.2) is 18.7 Å². The number of hydrogen-bond acceptors (Lipinski definition) is 1. The topological polar surface area (TPSA) is 48.2 Å². The third-order valence-corrected chi connectivity index (χ3v) is 3.20. The van der Waals surface area contributed by atoms with E-state index >= 15 is 0 Å². The summed E-state index contributed by atoms with van der Waals surface area (Å²) in [5.41, 5.74) is 2.15. The molecule has 0 unspecified atom stereocenters. The van der Waals surface area contributed by atoms with Gasteiger partial charge >= 0.3 is 0 Å². The summed E-state index contributed by atoms with van der Waals surface area (Å²) < 4.78 is 0. The van der Waals surface area contributed by atoms with E-state index in [1.807, 2.05) is 19.2 Å². The number of rotatable bonds is 1. The van der Waals surface area contributed by atoms with Crippen LogP contribution in [0.4, 0.5) is 0 Å². The molecule has 0 atom stereocenters. The summed E-state index contributed by atoms with van der Waals surface area (Å²) in [6.07, 6.45) is 0. The molecule has 0 aliphatic carbocycles. The van der Waals surface area contributed by atoms with Gasteiger partial charge in [-0.2, -0.15) is 0 Å². The summed E-state index contributed by atoms with van der Waals surface area (Å²) >= 11 is 0. The number of benzene rings is 1. The molecule has 0 fully saturated rings. The Labute approximate surface area is 123 Å². The molecule has 3 nitrogen and oxygen atoms in total. The minimum absolute atomic E-state index is 0.0909. The smallest absolute Gasteiger partial charge is 0.153 e. The van der Waals surface area contributed by atoms with Crippen molar-refractivity contribution < 1.29 is 0 Å². The molecule has 20 heavy (non-hydrogen) atoms. The highest BCUT2D eigenvalue weighted by Gasteiger charge is 2.19. The van der Waals surface area contributed by atoms with Gasteiger partial charge in [-0.05, 0) is 11.0 Å². The van der Waals surface area contributed by atoms with Crippen LogP contribution in [0.3, 0.4) is 0 Å². The fourth-order valence-electron chi connectivity index (χ4n) is 1.90. The van der Waals surface area contributed by atoms with E-state index in [9.17, 15) is 0 Å². The monoisotopic (exact) mass is 273 g/mol. The Balaban J connectivity index is 3.02. The third kappa shape index (κ3) is 4.19. The fourth-order valence-corrected chi connectivity index (χ4v) is 1.90. The molecule has 2 N–H and O–H groups in total. The van der Waals surface area contributed by atoms with Crippen LogP contribution in [0.15, 0.2) is 29.3 Å². The zero-order valence-electron chi connectivity index (χ0n) is 13.8. The molecule has 0 saturated heterocycles. The first-order chi connectivity index (χ1) is 9.05. The van der Waals surface area contributed by atoms with Crippen LogP contribution in [0, 0.1) is 10.8 Å². The van der Waals surface area contributed by atoms with Crippen molar-refractivity contribution in [1.29, 1.82) is 5.41 Å². The lowest BCUT2D eigenvalue weighted by Crippen LogP contribution is -2.33. The lowest BCUT2D eigenvalue weighted by molar-refractivity contribution is 0.573. The summed E-state index contributed by atoms with van der Waals surface area (Å²) in [7, 11) is 1.85. The van der Waals surface area contributed by atoms with E-state index in [1.54, 1.807) is 0 Å². The lowest BCUT2D eigenvalue weighted by atomic mass is 9.86. The van der Waals surface area contributed by atoms with E-state index in [-0.39, 0.29) is 10.8 Å². The molecular weight excluding hydrogens is 246 g/mol. The third-order valence-electron chi connectivity index (χ3n) is 3.20. The average Bonchev–Trinajstić information content (AvgIpc) is 2.33. The molecule has 0 spiro atoms. The normalized spacial score (nSPS) is 13.2. The predicted molar refractivity (Wildman–Crippen MR) is 87.9 cm³/mol. The van der Waals surface area contributed by atoms with Crippen molar-refractivity contribution in [2.45, 2.75) is 47.0 Å². The predicted octanol–water partition coefficient (Wildman–Crippen LogP) is 3.97. The van der Waals surface area contributed by atoms with Crippen molar-refractivity contribution in [3.63, 3.8) is 0 Å². The second-order valence-corrected chi connectivity index (χ2v) is 7.14. The molecule has 0 aromatic heterocycles. The van der Waals surface area contributed by atoms with Crippen molar-refractivity contribution in [2.75, 3.05) is 7.05 Å². The highest BCUT2D eigenvalue weighted by Crippen LogP contribution is 2.22. The molecule has 0 aliphatic heterocycles. The first-order valence-electron chi connectivity index (χ1n) is 7.02. The number of amidine groups is 2. The van der Waals surface area contributed by atoms with E-state index in [0.29, 0.717) is 5.84 Å². The first-order valence-corrected chi connectivity index (χ1v) is 7.02. The maximum absolute atomic E-state index is 8.14. The number of nitrogens with zero attached hydrogens (tertiary/aromatic N) is 1. The Morgan fingerprint density at radius 2 is 1.50 bits per heavy atom. The SMILES string of the molecule is CN/C(=N\C(=N)c1ccc(C(C)(C)C)cc1)C(C)(C)C. The van der Waals surface area contributed by atoms with Gasteiger partial charge in [0.05, 0.1) is 0 Å². The second-order valence-electron chi connectivity index (χ2n) is 7.14. The van der Waals surface area contributed by atoms with E-state index < -0.39 is 0 Å². The quantitative estimate of drug-likeness (QED) is 0.590. The van der Waals surface area contributed by atoms with Crippen LogP contribution >= 0.6 is 0 Å². The molecule has 1 aromatic rings. The van der Waals surface area contributed by atoms with Crippen LogP contribution in [0.5, 0.6) is 0 Å². The first kappa shape index (κ1) is 16.4. The summed E-state index contributed by atoms with van der Waals surface area (Å²) in [5.74, 6) is 1.12. The molecule has 1 rings (SSSR count). The maximum Gasteiger partial charge on any atom is 0.153 e. The van der Waals surface area contributed by atoms with Crippen LogP contribution in [0.25, 0.3) is 0 Å². The van der Waals surface area contributed by atoms with Crippen molar-refractivity contribution >= 4 is 11.7 Å². The van der Waals surface area contributed by atoms with E-state index in [1.165, 1.54) is 5.56 Å². The molecule has 0 saturated carbocycles. The van der Waals surface area contributed by atoms with E-state index in [0.717, 1.165) is 11.4 Å². The highest BCUT2D eigenvalue weighted by atomic mass is 15.0. The Kier molecular flexibility index (Phi) is 4.74. The van der Waals surface area contributed by atoms with Gasteiger partial charge in [0.25, 0.3) is 0 Å². The van der Waals surface area contributed by atoms with Crippen LogP contribution in [-0.2, 0) is 5.41 Å². The van der Waals surface area contributed by atoms with Crippen molar-refractivity contribution in [1.82, 2.24) is 5.32 Å². The molecule has 0 radical (unpaired) electrons. The van der Waals surface area contributed by atoms with E-state index in [4.69, 9.17) is 5.41 Å². The van der Waals surface area contributed by atoms with Gasteiger partial charge in [0.1, 0.15) is 5.84 Å². The minimum Gasteiger partial charge on any atom is -0.376 e. The Morgan fingerprint density at radius 3 is 1.85 bits per heavy atom. The largest absolute Gasteiger partial charge is 0.376 e. The fraction of sp³-hybridized carbons (Fsp3) is 0.529. The molecule has 0 aliphatic rings. The molecule has 110 valence electrons. The molecule has 0 heterocycles. The average molecular weight is 273 g/mol. The molecular formula is C17H27N3. The summed E-state index contributed by atoms with van der Waals surface area (Å²) in [5, 5.41) is 11.2. The van der Waals surface area contributed by atoms with Gasteiger partial charge in [-0.3, -0.25) is 5.41 Å². The molecule has 0 bridgehead atoms. The van der Waals surface area contributed by atoms with Gasteiger partial charge in [0, 0.05) is 18.0 Å². The van der Waals surface area contributed by atoms with Crippen LogP contribution in [0.1, 0.15) is 52.7 Å². The summed E-state index contributed by atoms with van der Waals surface area (Å²) in [4.78, 5) is 4.42.